The van der Waals surface area contributed by atoms with Gasteiger partial charge in [-0.05, 0) is 66.5 Å². The van der Waals surface area contributed by atoms with E-state index in [2.05, 4.69) is 26.1 Å². The van der Waals surface area contributed by atoms with Crippen molar-refractivity contribution >= 4 is 38.5 Å². The molecule has 3 N–H and O–H groups in total. The first kappa shape index (κ1) is 25.8. The smallest absolute Gasteiger partial charge is 0.339 e. The second-order valence-corrected chi connectivity index (χ2v) is 11.5. The van der Waals surface area contributed by atoms with E-state index in [1.54, 1.807) is 0 Å². The summed E-state index contributed by atoms with van der Waals surface area (Å²) in [5.74, 6) is -0.684. The number of nitrogens with zero attached hydrogens (tertiary/aromatic N) is 1. The number of primary sulfonamides is 1. The summed E-state index contributed by atoms with van der Waals surface area (Å²) in [4.78, 5) is 30.6. The molecule has 1 unspecified atom stereocenters. The minimum absolute atomic E-state index is 0.0641. The standard InChI is InChI=1S/C27H31N3O5S/c1-4-27(2,3)17-9-14-23-21(15-17)25(20-7-5-6-8-22(20)30-23)26(32)35-16-24(31)29-18-10-12-19(13-11-18)36(28,33)34/h5-8,10-13,17H,4,9,14-16H2,1-3H3,(H,29,31)(H2,28,33,34). The molecule has 2 aromatic carbocycles. The number of rotatable bonds is 7. The number of anilines is 1. The van der Waals surface area contributed by atoms with E-state index in [0.29, 0.717) is 17.2 Å². The minimum atomic E-state index is -3.83. The van der Waals surface area contributed by atoms with Crippen LogP contribution in [0.5, 0.6) is 0 Å². The lowest BCUT2D eigenvalue weighted by molar-refractivity contribution is -0.119. The Morgan fingerprint density at radius 2 is 1.83 bits per heavy atom. The topological polar surface area (TPSA) is 128 Å². The molecule has 0 saturated heterocycles. The van der Waals surface area contributed by atoms with Gasteiger partial charge in [-0.15, -0.1) is 0 Å². The molecule has 1 aromatic heterocycles. The summed E-state index contributed by atoms with van der Waals surface area (Å²) in [6.45, 7) is 6.22. The summed E-state index contributed by atoms with van der Waals surface area (Å²) in [5.41, 5.74) is 3.54. The number of hydrogen-bond donors (Lipinski definition) is 2. The normalized spacial score (nSPS) is 15.8. The maximum absolute atomic E-state index is 13.4. The molecule has 0 aliphatic heterocycles. The van der Waals surface area contributed by atoms with E-state index in [-0.39, 0.29) is 10.3 Å². The minimum Gasteiger partial charge on any atom is -0.452 e. The van der Waals surface area contributed by atoms with Crippen LogP contribution in [0.3, 0.4) is 0 Å². The van der Waals surface area contributed by atoms with E-state index in [1.807, 2.05) is 24.3 Å². The van der Waals surface area contributed by atoms with Gasteiger partial charge >= 0.3 is 5.97 Å². The Morgan fingerprint density at radius 1 is 1.14 bits per heavy atom. The van der Waals surface area contributed by atoms with Gasteiger partial charge in [-0.25, -0.2) is 18.4 Å². The van der Waals surface area contributed by atoms with Gasteiger partial charge in [0.05, 0.1) is 16.0 Å². The first-order valence-electron chi connectivity index (χ1n) is 12.0. The van der Waals surface area contributed by atoms with Crippen molar-refractivity contribution < 1.29 is 22.7 Å². The van der Waals surface area contributed by atoms with Crippen LogP contribution in [-0.2, 0) is 32.4 Å². The molecule has 8 nitrogen and oxygen atoms in total. The van der Waals surface area contributed by atoms with Crippen LogP contribution in [0.2, 0.25) is 0 Å². The van der Waals surface area contributed by atoms with Gasteiger partial charge in [-0.1, -0.05) is 45.4 Å². The predicted molar refractivity (Wildman–Crippen MR) is 138 cm³/mol. The third kappa shape index (κ3) is 5.42. The van der Waals surface area contributed by atoms with Crippen LogP contribution in [0, 0.1) is 11.3 Å². The molecule has 1 atom stereocenters. The molecular weight excluding hydrogens is 478 g/mol. The molecule has 36 heavy (non-hydrogen) atoms. The number of fused-ring (bicyclic) bond motifs is 2. The fourth-order valence-corrected chi connectivity index (χ4v) is 5.22. The highest BCUT2D eigenvalue weighted by Gasteiger charge is 2.34. The highest BCUT2D eigenvalue weighted by atomic mass is 32.2. The average molecular weight is 510 g/mol. The second kappa shape index (κ2) is 9.99. The van der Waals surface area contributed by atoms with E-state index >= 15 is 0 Å². The zero-order chi connectivity index (χ0) is 26.1. The molecule has 0 radical (unpaired) electrons. The Hall–Kier alpha value is -3.30. The largest absolute Gasteiger partial charge is 0.452 e. The lowest BCUT2D eigenvalue weighted by Crippen LogP contribution is -2.31. The lowest BCUT2D eigenvalue weighted by atomic mass is 9.68. The summed E-state index contributed by atoms with van der Waals surface area (Å²) in [6, 6.07) is 12.9. The van der Waals surface area contributed by atoms with Crippen molar-refractivity contribution in [3.63, 3.8) is 0 Å². The summed E-state index contributed by atoms with van der Waals surface area (Å²) in [7, 11) is -3.83. The van der Waals surface area contributed by atoms with Gasteiger partial charge in [0.25, 0.3) is 5.91 Å². The van der Waals surface area contributed by atoms with Gasteiger partial charge in [0.2, 0.25) is 10.0 Å². The zero-order valence-corrected chi connectivity index (χ0v) is 21.5. The quantitative estimate of drug-likeness (QED) is 0.459. The van der Waals surface area contributed by atoms with Gasteiger partial charge in [-0.3, -0.25) is 9.78 Å². The van der Waals surface area contributed by atoms with Crippen molar-refractivity contribution in [1.82, 2.24) is 4.98 Å². The maximum Gasteiger partial charge on any atom is 0.339 e. The molecule has 0 saturated carbocycles. The van der Waals surface area contributed by atoms with E-state index in [9.17, 15) is 18.0 Å². The SMILES string of the molecule is CCC(C)(C)C1CCc2nc3ccccc3c(C(=O)OCC(=O)Nc3ccc(S(N)(=O)=O)cc3)c2C1. The number of aromatic nitrogens is 1. The predicted octanol–water partition coefficient (Wildman–Crippen LogP) is 4.22. The number of carbonyl (C=O) groups excluding carboxylic acids is 2. The first-order chi connectivity index (χ1) is 17.0. The van der Waals surface area contributed by atoms with Crippen molar-refractivity contribution in [3.8, 4) is 0 Å². The third-order valence-electron chi connectivity index (χ3n) is 7.28. The fraction of sp³-hybridized carbons (Fsp3) is 0.370. The van der Waals surface area contributed by atoms with Crippen LogP contribution in [0.25, 0.3) is 10.9 Å². The molecule has 190 valence electrons. The molecule has 1 heterocycles. The number of nitrogens with one attached hydrogen (secondary N) is 1. The van der Waals surface area contributed by atoms with Crippen LogP contribution in [-0.4, -0.2) is 31.9 Å². The van der Waals surface area contributed by atoms with Gasteiger partial charge < -0.3 is 10.1 Å². The van der Waals surface area contributed by atoms with Crippen LogP contribution >= 0.6 is 0 Å². The monoisotopic (exact) mass is 509 g/mol. The van der Waals surface area contributed by atoms with Crippen molar-refractivity contribution in [2.45, 2.75) is 51.3 Å². The van der Waals surface area contributed by atoms with Crippen LogP contribution < -0.4 is 10.5 Å². The molecule has 1 aliphatic rings. The number of para-hydroxylation sites is 1. The van der Waals surface area contributed by atoms with Gasteiger partial charge in [0, 0.05) is 16.8 Å². The number of amides is 1. The molecule has 0 spiro atoms. The molecule has 4 rings (SSSR count). The lowest BCUT2D eigenvalue weighted by Gasteiger charge is -2.37. The van der Waals surface area contributed by atoms with Crippen molar-refractivity contribution in [1.29, 1.82) is 0 Å². The fourth-order valence-electron chi connectivity index (χ4n) is 4.71. The number of pyridine rings is 1. The second-order valence-electron chi connectivity index (χ2n) is 9.90. The molecule has 9 heteroatoms. The summed E-state index contributed by atoms with van der Waals surface area (Å²) < 4.78 is 28.3. The van der Waals surface area contributed by atoms with E-state index in [0.717, 1.165) is 47.8 Å². The van der Waals surface area contributed by atoms with Crippen LogP contribution in [0.1, 0.15) is 55.2 Å². The Kier molecular flexibility index (Phi) is 7.15. The van der Waals surface area contributed by atoms with Gasteiger partial charge in [-0.2, -0.15) is 0 Å². The first-order valence-corrected chi connectivity index (χ1v) is 13.5. The number of nitrogens with two attached hydrogens (primary N) is 1. The van der Waals surface area contributed by atoms with Gasteiger partial charge in [0.1, 0.15) is 0 Å². The summed E-state index contributed by atoms with van der Waals surface area (Å²) >= 11 is 0. The molecule has 1 aliphatic carbocycles. The molecule has 3 aromatic rings. The molecule has 1 amide bonds. The van der Waals surface area contributed by atoms with Crippen molar-refractivity contribution in [2.75, 3.05) is 11.9 Å². The van der Waals surface area contributed by atoms with Crippen molar-refractivity contribution in [2.24, 2.45) is 16.5 Å². The van der Waals surface area contributed by atoms with E-state index in [4.69, 9.17) is 14.9 Å². The van der Waals surface area contributed by atoms with E-state index in [1.165, 1.54) is 24.3 Å². The maximum atomic E-state index is 13.4. The van der Waals surface area contributed by atoms with Gasteiger partial charge in [0.15, 0.2) is 6.61 Å². The Morgan fingerprint density at radius 3 is 2.50 bits per heavy atom. The number of esters is 1. The average Bonchev–Trinajstić information content (AvgIpc) is 2.85. The Bertz CT molecular complexity index is 1420. The zero-order valence-electron chi connectivity index (χ0n) is 20.7. The third-order valence-corrected chi connectivity index (χ3v) is 8.21. The number of sulfonamides is 1. The number of ether oxygens (including phenoxy) is 1. The summed E-state index contributed by atoms with van der Waals surface area (Å²) in [5, 5.41) is 8.41. The Balaban J connectivity index is 1.55. The van der Waals surface area contributed by atoms with E-state index < -0.39 is 28.5 Å². The number of benzene rings is 2. The molecule has 0 fully saturated rings. The number of carbonyl (C=O) groups is 2. The Labute approximate surface area is 211 Å². The highest BCUT2D eigenvalue weighted by Crippen LogP contribution is 2.41. The molecule has 0 bridgehead atoms. The highest BCUT2D eigenvalue weighted by molar-refractivity contribution is 7.89. The van der Waals surface area contributed by atoms with Crippen molar-refractivity contribution in [3.05, 3.63) is 65.4 Å². The summed E-state index contributed by atoms with van der Waals surface area (Å²) in [6.07, 6.45) is 3.58. The van der Waals surface area contributed by atoms with Crippen LogP contribution in [0.15, 0.2) is 53.4 Å². The molecular formula is C27H31N3O5S. The number of hydrogen-bond acceptors (Lipinski definition) is 6. The number of aryl methyl sites for hydroxylation is 1. The van der Waals surface area contributed by atoms with Crippen LogP contribution in [0.4, 0.5) is 5.69 Å².